The molecule has 0 aliphatic carbocycles. The van der Waals surface area contributed by atoms with E-state index in [9.17, 15) is 0 Å². The molecule has 3 N–H and O–H groups in total. The van der Waals surface area contributed by atoms with Crippen LogP contribution in [-0.4, -0.2) is 29.1 Å². The van der Waals surface area contributed by atoms with E-state index in [1.54, 1.807) is 14.2 Å². The minimum absolute atomic E-state index is 0.160. The van der Waals surface area contributed by atoms with E-state index in [0.717, 1.165) is 28.5 Å². The highest BCUT2D eigenvalue weighted by atomic mass is 35.5. The van der Waals surface area contributed by atoms with Crippen LogP contribution >= 0.6 is 11.6 Å². The number of halogens is 1. The summed E-state index contributed by atoms with van der Waals surface area (Å²) in [7, 11) is 1.44. The molecule has 174 valence electrons. The molecule has 0 bridgehead atoms. The van der Waals surface area contributed by atoms with Crippen molar-refractivity contribution in [3.8, 4) is 11.5 Å². The van der Waals surface area contributed by atoms with Crippen LogP contribution in [0.5, 0.6) is 11.5 Å². The molecule has 2 rings (SSSR count). The quantitative estimate of drug-likeness (QED) is 0.341. The van der Waals surface area contributed by atoms with E-state index in [-0.39, 0.29) is 10.5 Å². The lowest BCUT2D eigenvalue weighted by Crippen LogP contribution is -2.45. The van der Waals surface area contributed by atoms with Crippen LogP contribution in [0.4, 0.5) is 0 Å². The SMILES string of the molecule is COc1ccc(CNC2=CC(C(C)(C)CO[Si](C)(C)C(C)(C)C)=C(Cl)NN2)c(OC)c1. The zero-order valence-corrected chi connectivity index (χ0v) is 22.1. The molecule has 0 amide bonds. The van der Waals surface area contributed by atoms with Crippen molar-refractivity contribution in [2.45, 2.75) is 59.3 Å². The average Bonchev–Trinajstić information content (AvgIpc) is 2.70. The normalized spacial score (nSPS) is 15.1. The summed E-state index contributed by atoms with van der Waals surface area (Å²) in [5.41, 5.74) is 7.94. The fraction of sp³-hybridized carbons (Fsp3) is 0.565. The van der Waals surface area contributed by atoms with E-state index < -0.39 is 8.32 Å². The van der Waals surface area contributed by atoms with Gasteiger partial charge in [-0.05, 0) is 36.3 Å². The maximum absolute atomic E-state index is 6.53. The fourth-order valence-corrected chi connectivity index (χ4v) is 4.38. The third kappa shape index (κ3) is 6.34. The fourth-order valence-electron chi connectivity index (χ4n) is 2.86. The molecule has 0 atom stereocenters. The lowest BCUT2D eigenvalue weighted by Gasteiger charge is -2.40. The monoisotopic (exact) mass is 467 g/mol. The van der Waals surface area contributed by atoms with E-state index in [1.807, 2.05) is 24.3 Å². The Morgan fingerprint density at radius 2 is 1.71 bits per heavy atom. The van der Waals surface area contributed by atoms with Gasteiger partial charge in [-0.3, -0.25) is 10.9 Å². The van der Waals surface area contributed by atoms with Gasteiger partial charge in [0.25, 0.3) is 0 Å². The van der Waals surface area contributed by atoms with Crippen LogP contribution in [-0.2, 0) is 11.0 Å². The number of nitrogens with one attached hydrogen (secondary N) is 3. The van der Waals surface area contributed by atoms with Gasteiger partial charge >= 0.3 is 0 Å². The Morgan fingerprint density at radius 1 is 1.03 bits per heavy atom. The van der Waals surface area contributed by atoms with E-state index in [0.29, 0.717) is 18.3 Å². The van der Waals surface area contributed by atoms with Gasteiger partial charge < -0.3 is 19.2 Å². The standard InChI is InChI=1S/C23H38ClN3O3Si/c1-22(2,3)31(8,9)30-15-23(4,5)18-13-20(26-27-21(18)24)25-14-16-10-11-17(28-6)12-19(16)29-7/h10-13,25-27H,14-15H2,1-9H3. The Labute approximate surface area is 193 Å². The first kappa shape index (κ1) is 25.4. The summed E-state index contributed by atoms with van der Waals surface area (Å²) >= 11 is 6.53. The molecule has 1 heterocycles. The minimum atomic E-state index is -1.86. The Balaban J connectivity index is 2.13. The van der Waals surface area contributed by atoms with Gasteiger partial charge in [0.1, 0.15) is 22.5 Å². The van der Waals surface area contributed by atoms with Gasteiger partial charge in [0.2, 0.25) is 0 Å². The second-order valence-electron chi connectivity index (χ2n) is 10.00. The van der Waals surface area contributed by atoms with Gasteiger partial charge in [0.05, 0.1) is 14.2 Å². The number of hydrazine groups is 1. The molecule has 0 saturated heterocycles. The zero-order chi connectivity index (χ0) is 23.4. The van der Waals surface area contributed by atoms with Crippen molar-refractivity contribution in [2.75, 3.05) is 20.8 Å². The largest absolute Gasteiger partial charge is 0.497 e. The third-order valence-electron chi connectivity index (χ3n) is 6.12. The smallest absolute Gasteiger partial charge is 0.192 e. The topological polar surface area (TPSA) is 63.8 Å². The Bertz CT molecular complexity index is 845. The van der Waals surface area contributed by atoms with Crippen molar-refractivity contribution in [1.82, 2.24) is 16.2 Å². The van der Waals surface area contributed by atoms with Crippen LogP contribution in [0.15, 0.2) is 40.8 Å². The molecule has 6 nitrogen and oxygen atoms in total. The zero-order valence-electron chi connectivity index (χ0n) is 20.3. The van der Waals surface area contributed by atoms with Crippen LogP contribution in [0.3, 0.4) is 0 Å². The van der Waals surface area contributed by atoms with Crippen LogP contribution < -0.4 is 25.6 Å². The highest BCUT2D eigenvalue weighted by Gasteiger charge is 2.39. The lowest BCUT2D eigenvalue weighted by molar-refractivity contribution is 0.194. The summed E-state index contributed by atoms with van der Waals surface area (Å²) in [6.07, 6.45) is 2.05. The molecular formula is C23H38ClN3O3Si. The van der Waals surface area contributed by atoms with Gasteiger partial charge in [-0.2, -0.15) is 0 Å². The maximum Gasteiger partial charge on any atom is 0.192 e. The molecule has 0 fully saturated rings. The Kier molecular flexibility index (Phi) is 8.00. The lowest BCUT2D eigenvalue weighted by atomic mass is 9.85. The summed E-state index contributed by atoms with van der Waals surface area (Å²) < 4.78 is 17.3. The second kappa shape index (κ2) is 9.75. The van der Waals surface area contributed by atoms with Gasteiger partial charge in [-0.1, -0.05) is 46.2 Å². The Morgan fingerprint density at radius 3 is 2.29 bits per heavy atom. The first-order chi connectivity index (χ1) is 14.3. The van der Waals surface area contributed by atoms with Gasteiger partial charge in [-0.25, -0.2) is 0 Å². The number of methoxy groups -OCH3 is 2. The average molecular weight is 468 g/mol. The Hall–Kier alpha value is -1.83. The van der Waals surface area contributed by atoms with Crippen LogP contribution in [0.25, 0.3) is 0 Å². The van der Waals surface area contributed by atoms with Crippen LogP contribution in [0.1, 0.15) is 40.2 Å². The summed E-state index contributed by atoms with van der Waals surface area (Å²) in [6, 6.07) is 5.79. The predicted molar refractivity (Wildman–Crippen MR) is 131 cm³/mol. The van der Waals surface area contributed by atoms with E-state index in [4.69, 9.17) is 25.5 Å². The van der Waals surface area contributed by atoms with Crippen LogP contribution in [0.2, 0.25) is 18.1 Å². The molecule has 1 aromatic rings. The minimum Gasteiger partial charge on any atom is -0.497 e. The van der Waals surface area contributed by atoms with Crippen molar-refractivity contribution >= 4 is 19.9 Å². The first-order valence-corrected chi connectivity index (χ1v) is 13.8. The van der Waals surface area contributed by atoms with Crippen molar-refractivity contribution in [3.63, 3.8) is 0 Å². The predicted octanol–water partition coefficient (Wildman–Crippen LogP) is 5.24. The first-order valence-electron chi connectivity index (χ1n) is 10.5. The second-order valence-corrected chi connectivity index (χ2v) is 15.2. The molecule has 0 radical (unpaired) electrons. The van der Waals surface area contributed by atoms with E-state index >= 15 is 0 Å². The molecule has 0 saturated carbocycles. The number of hydrogen-bond acceptors (Lipinski definition) is 6. The molecule has 1 aliphatic rings. The number of benzene rings is 1. The number of rotatable bonds is 9. The van der Waals surface area contributed by atoms with Gasteiger partial charge in [0, 0.05) is 35.8 Å². The molecule has 0 unspecified atom stereocenters. The van der Waals surface area contributed by atoms with Gasteiger partial charge in [-0.15, -0.1) is 0 Å². The summed E-state index contributed by atoms with van der Waals surface area (Å²) in [5, 5.41) is 4.15. The maximum atomic E-state index is 6.53. The number of hydrogen-bond donors (Lipinski definition) is 3. The van der Waals surface area contributed by atoms with Crippen molar-refractivity contribution in [3.05, 3.63) is 46.4 Å². The van der Waals surface area contributed by atoms with Crippen molar-refractivity contribution in [2.24, 2.45) is 5.41 Å². The van der Waals surface area contributed by atoms with Crippen LogP contribution in [0, 0.1) is 5.41 Å². The van der Waals surface area contributed by atoms with E-state index in [2.05, 4.69) is 63.9 Å². The van der Waals surface area contributed by atoms with Gasteiger partial charge in [0.15, 0.2) is 8.32 Å². The highest BCUT2D eigenvalue weighted by Crippen LogP contribution is 2.40. The molecule has 31 heavy (non-hydrogen) atoms. The molecule has 0 spiro atoms. The molecule has 1 aliphatic heterocycles. The molecule has 8 heteroatoms. The molecular weight excluding hydrogens is 430 g/mol. The summed E-state index contributed by atoms with van der Waals surface area (Å²) in [6.45, 7) is 16.8. The highest BCUT2D eigenvalue weighted by molar-refractivity contribution is 6.74. The third-order valence-corrected chi connectivity index (χ3v) is 10.9. The van der Waals surface area contributed by atoms with E-state index in [1.165, 1.54) is 0 Å². The molecule has 1 aromatic carbocycles. The number of allylic oxidation sites excluding steroid dienone is 1. The molecule has 0 aromatic heterocycles. The summed E-state index contributed by atoms with van der Waals surface area (Å²) in [5.74, 6) is 2.36. The van der Waals surface area contributed by atoms with Crippen molar-refractivity contribution in [1.29, 1.82) is 0 Å². The summed E-state index contributed by atoms with van der Waals surface area (Å²) in [4.78, 5) is 0. The number of ether oxygens (including phenoxy) is 2. The van der Waals surface area contributed by atoms with Crippen molar-refractivity contribution < 1.29 is 13.9 Å².